The maximum atomic E-state index is 2.70. The smallest absolute Gasteiger partial charge is 0.00955 e. The zero-order valence-electron chi connectivity index (χ0n) is 8.34. The molecule has 0 spiro atoms. The van der Waals surface area contributed by atoms with Crippen LogP contribution in [0.5, 0.6) is 0 Å². The molecule has 0 N–H and O–H groups in total. The normalized spacial score (nSPS) is 31.5. The molecule has 1 saturated heterocycles. The van der Waals surface area contributed by atoms with Crippen molar-refractivity contribution in [1.82, 2.24) is 4.90 Å². The molecule has 1 aliphatic carbocycles. The zero-order chi connectivity index (χ0) is 8.60. The molecule has 1 radical (unpaired) electrons. The minimum Gasteiger partial charge on any atom is -0.300 e. The van der Waals surface area contributed by atoms with Gasteiger partial charge in [0, 0.05) is 12.6 Å². The van der Waals surface area contributed by atoms with Crippen LogP contribution >= 0.6 is 0 Å². The molecule has 1 aliphatic heterocycles. The fourth-order valence-corrected chi connectivity index (χ4v) is 2.35. The summed E-state index contributed by atoms with van der Waals surface area (Å²) in [4.78, 5) is 2.70. The van der Waals surface area contributed by atoms with Gasteiger partial charge in [0.25, 0.3) is 0 Å². The second kappa shape index (κ2) is 3.02. The van der Waals surface area contributed by atoms with Crippen molar-refractivity contribution in [1.29, 1.82) is 0 Å². The van der Waals surface area contributed by atoms with Crippen LogP contribution in [0.2, 0.25) is 0 Å². The minimum absolute atomic E-state index is 0.466. The van der Waals surface area contributed by atoms with Crippen molar-refractivity contribution in [2.45, 2.75) is 45.6 Å². The number of rotatable bonds is 1. The van der Waals surface area contributed by atoms with Crippen molar-refractivity contribution in [3.05, 3.63) is 6.42 Å². The molecule has 1 heteroatoms. The molecule has 0 aromatic carbocycles. The lowest BCUT2D eigenvalue weighted by molar-refractivity contribution is 0.0701. The molecule has 0 unspecified atom stereocenters. The van der Waals surface area contributed by atoms with Gasteiger partial charge in [-0.2, -0.15) is 0 Å². The summed E-state index contributed by atoms with van der Waals surface area (Å²) < 4.78 is 0. The molecule has 2 fully saturated rings. The molecule has 0 amide bonds. The Labute approximate surface area is 76.1 Å². The first kappa shape index (κ1) is 8.55. The molecule has 2 rings (SSSR count). The molecule has 12 heavy (non-hydrogen) atoms. The zero-order valence-corrected chi connectivity index (χ0v) is 8.34. The average Bonchev–Trinajstić information content (AvgIpc) is 1.80. The Hall–Kier alpha value is -0.0400. The largest absolute Gasteiger partial charge is 0.300 e. The SMILES string of the molecule is CC1(C)[CH]CCN(C2CCC2)C1. The molecule has 2 aliphatic rings. The number of hydrogen-bond acceptors (Lipinski definition) is 1. The lowest BCUT2D eigenvalue weighted by Crippen LogP contribution is -2.48. The Bertz CT molecular complexity index is 158. The van der Waals surface area contributed by atoms with Crippen molar-refractivity contribution in [2.24, 2.45) is 5.41 Å². The van der Waals surface area contributed by atoms with Crippen LogP contribution in [-0.4, -0.2) is 24.0 Å². The van der Waals surface area contributed by atoms with Crippen LogP contribution in [0, 0.1) is 11.8 Å². The van der Waals surface area contributed by atoms with Crippen molar-refractivity contribution in [3.63, 3.8) is 0 Å². The van der Waals surface area contributed by atoms with Crippen LogP contribution in [-0.2, 0) is 0 Å². The third-order valence-electron chi connectivity index (χ3n) is 3.31. The van der Waals surface area contributed by atoms with Crippen LogP contribution in [0.15, 0.2) is 0 Å². The lowest BCUT2D eigenvalue weighted by Gasteiger charge is -2.45. The highest BCUT2D eigenvalue weighted by atomic mass is 15.2. The van der Waals surface area contributed by atoms with Gasteiger partial charge >= 0.3 is 0 Å². The Morgan fingerprint density at radius 1 is 1.33 bits per heavy atom. The van der Waals surface area contributed by atoms with Gasteiger partial charge in [-0.1, -0.05) is 20.3 Å². The topological polar surface area (TPSA) is 3.24 Å². The summed E-state index contributed by atoms with van der Waals surface area (Å²) >= 11 is 0. The van der Waals surface area contributed by atoms with E-state index in [4.69, 9.17) is 0 Å². The van der Waals surface area contributed by atoms with E-state index in [1.165, 1.54) is 38.8 Å². The Kier molecular flexibility index (Phi) is 2.16. The van der Waals surface area contributed by atoms with Gasteiger partial charge in [0.15, 0.2) is 0 Å². The molecule has 1 saturated carbocycles. The quantitative estimate of drug-likeness (QED) is 0.578. The molecule has 0 aromatic heterocycles. The Morgan fingerprint density at radius 3 is 2.58 bits per heavy atom. The van der Waals surface area contributed by atoms with Gasteiger partial charge in [-0.05, 0) is 37.6 Å². The maximum Gasteiger partial charge on any atom is 0.00955 e. The third-order valence-corrected chi connectivity index (χ3v) is 3.31. The summed E-state index contributed by atoms with van der Waals surface area (Å²) in [7, 11) is 0. The maximum absolute atomic E-state index is 2.70. The van der Waals surface area contributed by atoms with Gasteiger partial charge in [-0.15, -0.1) is 0 Å². The highest BCUT2D eigenvalue weighted by molar-refractivity contribution is 4.95. The summed E-state index contributed by atoms with van der Waals surface area (Å²) in [6.45, 7) is 7.32. The molecule has 0 atom stereocenters. The Balaban J connectivity index is 1.89. The van der Waals surface area contributed by atoms with Gasteiger partial charge < -0.3 is 0 Å². The van der Waals surface area contributed by atoms with E-state index >= 15 is 0 Å². The average molecular weight is 166 g/mol. The van der Waals surface area contributed by atoms with Gasteiger partial charge in [0.2, 0.25) is 0 Å². The summed E-state index contributed by atoms with van der Waals surface area (Å²) in [6.07, 6.45) is 8.16. The highest BCUT2D eigenvalue weighted by Crippen LogP contribution is 2.33. The lowest BCUT2D eigenvalue weighted by atomic mass is 9.81. The molecule has 0 bridgehead atoms. The van der Waals surface area contributed by atoms with E-state index < -0.39 is 0 Å². The van der Waals surface area contributed by atoms with Crippen molar-refractivity contribution < 1.29 is 0 Å². The number of piperidine rings is 1. The van der Waals surface area contributed by atoms with E-state index in [0.717, 1.165) is 6.04 Å². The molecule has 1 nitrogen and oxygen atoms in total. The van der Waals surface area contributed by atoms with Crippen LogP contribution in [0.3, 0.4) is 0 Å². The van der Waals surface area contributed by atoms with E-state index in [1.807, 2.05) is 0 Å². The summed E-state index contributed by atoms with van der Waals surface area (Å²) in [5.74, 6) is 0. The van der Waals surface area contributed by atoms with Gasteiger partial charge in [0.1, 0.15) is 0 Å². The van der Waals surface area contributed by atoms with Crippen LogP contribution < -0.4 is 0 Å². The van der Waals surface area contributed by atoms with Gasteiger partial charge in [-0.3, -0.25) is 4.90 Å². The van der Waals surface area contributed by atoms with E-state index in [1.54, 1.807) is 0 Å². The van der Waals surface area contributed by atoms with Crippen LogP contribution in [0.1, 0.15) is 39.5 Å². The first-order chi connectivity index (χ1) is 5.67. The first-order valence-electron chi connectivity index (χ1n) is 5.26. The van der Waals surface area contributed by atoms with E-state index in [-0.39, 0.29) is 0 Å². The summed E-state index contributed by atoms with van der Waals surface area (Å²) in [6, 6.07) is 0.943. The standard InChI is InChI=1S/C11H20N/c1-11(2)7-4-8-12(9-11)10-5-3-6-10/h7,10H,3-6,8-9H2,1-2H3. The third kappa shape index (κ3) is 1.66. The van der Waals surface area contributed by atoms with Gasteiger partial charge in [-0.25, -0.2) is 0 Å². The van der Waals surface area contributed by atoms with Crippen molar-refractivity contribution in [3.8, 4) is 0 Å². The van der Waals surface area contributed by atoms with E-state index in [9.17, 15) is 0 Å². The number of nitrogens with zero attached hydrogens (tertiary/aromatic N) is 1. The second-order valence-corrected chi connectivity index (χ2v) is 5.04. The van der Waals surface area contributed by atoms with Crippen molar-refractivity contribution >= 4 is 0 Å². The molecule has 69 valence electrons. The second-order valence-electron chi connectivity index (χ2n) is 5.04. The van der Waals surface area contributed by atoms with Crippen LogP contribution in [0.25, 0.3) is 0 Å². The van der Waals surface area contributed by atoms with E-state index in [2.05, 4.69) is 25.2 Å². The van der Waals surface area contributed by atoms with Crippen LogP contribution in [0.4, 0.5) is 0 Å². The minimum atomic E-state index is 0.466. The summed E-state index contributed by atoms with van der Waals surface area (Å²) in [5.41, 5.74) is 0.466. The first-order valence-corrected chi connectivity index (χ1v) is 5.26. The molecular weight excluding hydrogens is 146 g/mol. The van der Waals surface area contributed by atoms with Gasteiger partial charge in [0.05, 0.1) is 0 Å². The van der Waals surface area contributed by atoms with Crippen molar-refractivity contribution in [2.75, 3.05) is 13.1 Å². The predicted octanol–water partition coefficient (Wildman–Crippen LogP) is 2.48. The summed E-state index contributed by atoms with van der Waals surface area (Å²) in [5, 5.41) is 0. The fourth-order valence-electron chi connectivity index (χ4n) is 2.35. The predicted molar refractivity (Wildman–Crippen MR) is 51.9 cm³/mol. The number of hydrogen-bond donors (Lipinski definition) is 0. The fraction of sp³-hybridized carbons (Fsp3) is 0.909. The Morgan fingerprint density at radius 2 is 2.08 bits per heavy atom. The molecular formula is C11H20N. The molecule has 1 heterocycles. The highest BCUT2D eigenvalue weighted by Gasteiger charge is 2.32. The number of likely N-dealkylation sites (tertiary alicyclic amines) is 1. The monoisotopic (exact) mass is 166 g/mol. The van der Waals surface area contributed by atoms with E-state index in [0.29, 0.717) is 5.41 Å². The molecule has 0 aromatic rings.